The Morgan fingerprint density at radius 3 is 2.30 bits per heavy atom. The second-order valence-corrected chi connectivity index (χ2v) is 1.53. The third-order valence-electron chi connectivity index (χ3n) is 0.804. The van der Waals surface area contributed by atoms with Gasteiger partial charge < -0.3 is 15.8 Å². The molecule has 0 fully saturated rings. The maximum Gasteiger partial charge on any atom is 0.0587 e. The van der Waals surface area contributed by atoms with Crippen molar-refractivity contribution in [2.24, 2.45) is 5.73 Å². The van der Waals surface area contributed by atoms with Crippen LogP contribution in [0.3, 0.4) is 0 Å². The summed E-state index contributed by atoms with van der Waals surface area (Å²) in [4.78, 5) is 0. The third kappa shape index (κ3) is 15.8. The van der Waals surface area contributed by atoms with Crippen LogP contribution in [0.25, 0.3) is 0 Å². The first-order chi connectivity index (χ1) is 3.91. The van der Waals surface area contributed by atoms with E-state index in [1.165, 1.54) is 0 Å². The molecule has 0 saturated heterocycles. The molecule has 0 radical (unpaired) electrons. The minimum absolute atomic E-state index is 0. The molecule has 0 rings (SSSR count). The van der Waals surface area contributed by atoms with Gasteiger partial charge in [0.15, 0.2) is 0 Å². The molecular weight excluding hydrogens is 175 g/mol. The Balaban J connectivity index is -0.000000245. The topological polar surface area (TPSA) is 47.3 Å². The summed E-state index contributed by atoms with van der Waals surface area (Å²) in [5.74, 6) is 0. The van der Waals surface area contributed by atoms with Crippen LogP contribution >= 0.6 is 24.8 Å². The molecule has 0 aliphatic carbocycles. The smallest absolute Gasteiger partial charge is 0.0587 e. The molecule has 0 amide bonds. The van der Waals surface area contributed by atoms with Crippen LogP contribution in [0, 0.1) is 0 Å². The molecule has 0 aromatic heterocycles. The van der Waals surface area contributed by atoms with Gasteiger partial charge in [0.25, 0.3) is 0 Å². The lowest BCUT2D eigenvalue weighted by Crippen LogP contribution is -2.25. The van der Waals surface area contributed by atoms with Gasteiger partial charge in [0.1, 0.15) is 0 Å². The Morgan fingerprint density at radius 2 is 1.90 bits per heavy atom. The molecule has 3 N–H and O–H groups in total. The van der Waals surface area contributed by atoms with Crippen LogP contribution in [0.2, 0.25) is 0 Å². The highest BCUT2D eigenvalue weighted by atomic mass is 35.5. The Kier molecular flexibility index (Phi) is 27.3. The molecule has 66 valence electrons. The molecule has 0 aliphatic rings. The normalized spacial score (nSPS) is 7.80. The molecule has 3 nitrogen and oxygen atoms in total. The minimum atomic E-state index is 0. The summed E-state index contributed by atoms with van der Waals surface area (Å²) in [5.41, 5.74) is 5.21. The molecule has 0 bridgehead atoms. The van der Waals surface area contributed by atoms with Crippen molar-refractivity contribution in [1.82, 2.24) is 5.32 Å². The molecule has 0 aliphatic heterocycles. The van der Waals surface area contributed by atoms with Crippen LogP contribution in [0.4, 0.5) is 0 Å². The van der Waals surface area contributed by atoms with Gasteiger partial charge in [0.2, 0.25) is 0 Å². The first kappa shape index (κ1) is 16.8. The van der Waals surface area contributed by atoms with E-state index in [1.54, 1.807) is 7.11 Å². The van der Waals surface area contributed by atoms with Gasteiger partial charge in [-0.1, -0.05) is 0 Å². The lowest BCUT2D eigenvalue weighted by atomic mass is 10.6. The SMILES string of the molecule is COCCNCCN.Cl.Cl. The maximum atomic E-state index is 5.21. The van der Waals surface area contributed by atoms with Crippen molar-refractivity contribution >= 4 is 24.8 Å². The van der Waals surface area contributed by atoms with Crippen LogP contribution in [0.5, 0.6) is 0 Å². The summed E-state index contributed by atoms with van der Waals surface area (Å²) in [6.07, 6.45) is 0. The highest BCUT2D eigenvalue weighted by Crippen LogP contribution is 1.61. The first-order valence-electron chi connectivity index (χ1n) is 2.81. The highest BCUT2D eigenvalue weighted by molar-refractivity contribution is 5.85. The number of methoxy groups -OCH3 is 1. The fourth-order valence-electron chi connectivity index (χ4n) is 0.401. The van der Waals surface area contributed by atoms with Crippen molar-refractivity contribution in [3.05, 3.63) is 0 Å². The third-order valence-corrected chi connectivity index (χ3v) is 0.804. The standard InChI is InChI=1S/C5H14N2O.2ClH/c1-8-5-4-7-3-2-6;;/h7H,2-6H2,1H3;2*1H. The van der Waals surface area contributed by atoms with Crippen molar-refractivity contribution in [2.75, 3.05) is 33.4 Å². The fourth-order valence-corrected chi connectivity index (χ4v) is 0.401. The summed E-state index contributed by atoms with van der Waals surface area (Å²) in [6.45, 7) is 3.24. The second-order valence-electron chi connectivity index (χ2n) is 1.53. The van der Waals surface area contributed by atoms with E-state index < -0.39 is 0 Å². The Hall–Kier alpha value is 0.460. The molecule has 0 spiro atoms. The molecule has 0 heterocycles. The van der Waals surface area contributed by atoms with E-state index in [2.05, 4.69) is 5.32 Å². The zero-order valence-corrected chi connectivity index (χ0v) is 7.76. The van der Waals surface area contributed by atoms with Crippen LogP contribution in [0.15, 0.2) is 0 Å². The average Bonchev–Trinajstić information content (AvgIpc) is 1.81. The Bertz CT molecular complexity index is 42.6. The van der Waals surface area contributed by atoms with E-state index in [-0.39, 0.29) is 24.8 Å². The van der Waals surface area contributed by atoms with Gasteiger partial charge in [-0.05, 0) is 0 Å². The van der Waals surface area contributed by atoms with E-state index >= 15 is 0 Å². The zero-order chi connectivity index (χ0) is 6.24. The number of ether oxygens (including phenoxy) is 1. The van der Waals surface area contributed by atoms with Gasteiger partial charge in [-0.2, -0.15) is 0 Å². The van der Waals surface area contributed by atoms with E-state index in [4.69, 9.17) is 10.5 Å². The van der Waals surface area contributed by atoms with Gasteiger partial charge in [-0.25, -0.2) is 0 Å². The summed E-state index contributed by atoms with van der Waals surface area (Å²) in [6, 6.07) is 0. The second kappa shape index (κ2) is 16.2. The predicted octanol–water partition coefficient (Wildman–Crippen LogP) is 0.0247. The number of rotatable bonds is 5. The van der Waals surface area contributed by atoms with Gasteiger partial charge in [-0.15, -0.1) is 24.8 Å². The maximum absolute atomic E-state index is 5.21. The van der Waals surface area contributed by atoms with Crippen LogP contribution < -0.4 is 11.1 Å². The summed E-state index contributed by atoms with van der Waals surface area (Å²) < 4.78 is 4.79. The molecule has 5 heteroatoms. The lowest BCUT2D eigenvalue weighted by molar-refractivity contribution is 0.200. The Labute approximate surface area is 74.5 Å². The number of nitrogens with two attached hydrogens (primary N) is 1. The molecule has 0 unspecified atom stereocenters. The minimum Gasteiger partial charge on any atom is -0.383 e. The summed E-state index contributed by atoms with van der Waals surface area (Å²) in [5, 5.41) is 3.09. The quantitative estimate of drug-likeness (QED) is 0.602. The first-order valence-corrected chi connectivity index (χ1v) is 2.81. The summed E-state index contributed by atoms with van der Waals surface area (Å²) >= 11 is 0. The fraction of sp³-hybridized carbons (Fsp3) is 1.00. The van der Waals surface area contributed by atoms with Gasteiger partial charge in [0.05, 0.1) is 6.61 Å². The van der Waals surface area contributed by atoms with Crippen molar-refractivity contribution in [1.29, 1.82) is 0 Å². The van der Waals surface area contributed by atoms with Crippen molar-refractivity contribution in [3.8, 4) is 0 Å². The van der Waals surface area contributed by atoms with Gasteiger partial charge in [0, 0.05) is 26.7 Å². The van der Waals surface area contributed by atoms with Crippen molar-refractivity contribution in [3.63, 3.8) is 0 Å². The van der Waals surface area contributed by atoms with Gasteiger partial charge in [-0.3, -0.25) is 0 Å². The molecule has 10 heavy (non-hydrogen) atoms. The number of halogens is 2. The van der Waals surface area contributed by atoms with E-state index in [1.807, 2.05) is 0 Å². The Morgan fingerprint density at radius 1 is 1.30 bits per heavy atom. The number of nitrogens with one attached hydrogen (secondary N) is 1. The van der Waals surface area contributed by atoms with Crippen molar-refractivity contribution < 1.29 is 4.74 Å². The largest absolute Gasteiger partial charge is 0.383 e. The zero-order valence-electron chi connectivity index (χ0n) is 6.13. The van der Waals surface area contributed by atoms with E-state index in [0.717, 1.165) is 19.7 Å². The van der Waals surface area contributed by atoms with E-state index in [9.17, 15) is 0 Å². The molecule has 0 atom stereocenters. The molecule has 0 aromatic rings. The monoisotopic (exact) mass is 190 g/mol. The molecule has 0 aromatic carbocycles. The van der Waals surface area contributed by atoms with Crippen LogP contribution in [-0.2, 0) is 4.74 Å². The molecular formula is C5H16Cl2N2O. The lowest BCUT2D eigenvalue weighted by Gasteiger charge is -1.98. The van der Waals surface area contributed by atoms with Gasteiger partial charge >= 0.3 is 0 Å². The average molecular weight is 191 g/mol. The van der Waals surface area contributed by atoms with Crippen LogP contribution in [0.1, 0.15) is 0 Å². The number of hydrogen-bond donors (Lipinski definition) is 2. The van der Waals surface area contributed by atoms with Crippen LogP contribution in [-0.4, -0.2) is 33.4 Å². The number of hydrogen-bond acceptors (Lipinski definition) is 3. The summed E-state index contributed by atoms with van der Waals surface area (Å²) in [7, 11) is 1.68. The van der Waals surface area contributed by atoms with Crippen molar-refractivity contribution in [2.45, 2.75) is 0 Å². The highest BCUT2D eigenvalue weighted by Gasteiger charge is 1.80. The predicted molar refractivity (Wildman–Crippen MR) is 48.3 cm³/mol. The molecule has 0 saturated carbocycles. The van der Waals surface area contributed by atoms with E-state index in [0.29, 0.717) is 6.54 Å².